The quantitative estimate of drug-likeness (QED) is 0.322. The van der Waals surface area contributed by atoms with Crippen molar-refractivity contribution < 1.29 is 9.53 Å². The zero-order chi connectivity index (χ0) is 23.0. The van der Waals surface area contributed by atoms with Crippen LogP contribution in [0.2, 0.25) is 0 Å². The lowest BCUT2D eigenvalue weighted by atomic mass is 9.93. The van der Waals surface area contributed by atoms with Crippen LogP contribution in [0, 0.1) is 0 Å². The van der Waals surface area contributed by atoms with E-state index in [1.165, 1.54) is 26.9 Å². The number of ether oxygens (including phenoxy) is 1. The molecular formula is C26H28N4O2S. The Hall–Kier alpha value is -3.32. The lowest BCUT2D eigenvalue weighted by Gasteiger charge is -2.20. The van der Waals surface area contributed by atoms with E-state index in [4.69, 9.17) is 9.72 Å². The van der Waals surface area contributed by atoms with Crippen molar-refractivity contribution in [3.63, 3.8) is 0 Å². The fraction of sp³-hybridized carbons (Fsp3) is 0.308. The third-order valence-electron chi connectivity index (χ3n) is 5.67. The number of anilines is 2. The summed E-state index contributed by atoms with van der Waals surface area (Å²) in [4.78, 5) is 21.7. The summed E-state index contributed by atoms with van der Waals surface area (Å²) in [5, 5.41) is 8.59. The van der Waals surface area contributed by atoms with Crippen molar-refractivity contribution in [3.05, 3.63) is 64.7 Å². The number of H-pyrrole nitrogens is 1. The van der Waals surface area contributed by atoms with Crippen LogP contribution < -0.4 is 10.6 Å². The van der Waals surface area contributed by atoms with Crippen LogP contribution in [0.5, 0.6) is 0 Å². The minimum absolute atomic E-state index is 0.436. The number of hydrogen-bond acceptors (Lipinski definition) is 5. The summed E-state index contributed by atoms with van der Waals surface area (Å²) in [6.45, 7) is 6.40. The zero-order valence-electron chi connectivity index (χ0n) is 19.1. The summed E-state index contributed by atoms with van der Waals surface area (Å²) in [7, 11) is 0. The number of carbonyl (C=O) groups excluding carboxylic acids is 1. The maximum absolute atomic E-state index is 12.1. The molecule has 1 aliphatic carbocycles. The predicted molar refractivity (Wildman–Crippen MR) is 135 cm³/mol. The van der Waals surface area contributed by atoms with Crippen molar-refractivity contribution in [2.75, 3.05) is 17.2 Å². The van der Waals surface area contributed by atoms with Gasteiger partial charge in [0.1, 0.15) is 5.60 Å². The van der Waals surface area contributed by atoms with E-state index in [0.29, 0.717) is 0 Å². The first-order chi connectivity index (χ1) is 15.9. The molecule has 5 rings (SSSR count). The number of aromatic amines is 1. The molecule has 0 fully saturated rings. The largest absolute Gasteiger partial charge is 0.444 e. The van der Waals surface area contributed by atoms with Crippen LogP contribution in [0.3, 0.4) is 0 Å². The van der Waals surface area contributed by atoms with E-state index in [1.54, 1.807) is 11.3 Å². The zero-order valence-corrected chi connectivity index (χ0v) is 19.9. The molecule has 6 nitrogen and oxygen atoms in total. The van der Waals surface area contributed by atoms with Crippen LogP contribution in [-0.2, 0) is 24.0 Å². The Morgan fingerprint density at radius 2 is 2.03 bits per heavy atom. The van der Waals surface area contributed by atoms with Crippen molar-refractivity contribution in [1.29, 1.82) is 0 Å². The summed E-state index contributed by atoms with van der Waals surface area (Å²) in [6, 6.07) is 14.4. The third-order valence-corrected chi connectivity index (χ3v) is 6.74. The molecule has 2 aromatic carbocycles. The number of nitrogens with zero attached hydrogens (tertiary/aromatic N) is 1. The van der Waals surface area contributed by atoms with Crippen molar-refractivity contribution in [2.24, 2.45) is 0 Å². The molecule has 0 saturated carbocycles. The van der Waals surface area contributed by atoms with E-state index in [1.807, 2.05) is 32.9 Å². The topological polar surface area (TPSA) is 79.0 Å². The molecule has 3 N–H and O–H groups in total. The average Bonchev–Trinajstić information content (AvgIpc) is 3.36. The Balaban J connectivity index is 1.26. The van der Waals surface area contributed by atoms with E-state index < -0.39 is 11.7 Å². The number of nitrogens with one attached hydrogen (secondary N) is 3. The molecule has 0 spiro atoms. The van der Waals surface area contributed by atoms with Crippen LogP contribution in [0.1, 0.15) is 36.8 Å². The maximum atomic E-state index is 12.1. The highest BCUT2D eigenvalue weighted by molar-refractivity contribution is 7.16. The Morgan fingerprint density at radius 3 is 2.88 bits per heavy atom. The van der Waals surface area contributed by atoms with Gasteiger partial charge in [0.15, 0.2) is 5.13 Å². The second-order valence-electron chi connectivity index (χ2n) is 9.33. The van der Waals surface area contributed by atoms with Gasteiger partial charge < -0.3 is 15.0 Å². The van der Waals surface area contributed by atoms with Gasteiger partial charge in [0.2, 0.25) is 0 Å². The first-order valence-corrected chi connectivity index (χ1v) is 12.1. The highest BCUT2D eigenvalue weighted by Gasteiger charge is 2.22. The van der Waals surface area contributed by atoms with Crippen LogP contribution in [0.25, 0.3) is 22.2 Å². The van der Waals surface area contributed by atoms with E-state index in [0.717, 1.165) is 47.9 Å². The molecule has 1 amide bonds. The van der Waals surface area contributed by atoms with Crippen molar-refractivity contribution in [2.45, 2.75) is 45.6 Å². The van der Waals surface area contributed by atoms with Gasteiger partial charge in [0.25, 0.3) is 0 Å². The second-order valence-corrected chi connectivity index (χ2v) is 10.4. The number of benzene rings is 2. The number of rotatable bonds is 5. The van der Waals surface area contributed by atoms with Crippen molar-refractivity contribution in [3.8, 4) is 11.3 Å². The Labute approximate surface area is 197 Å². The lowest BCUT2D eigenvalue weighted by Crippen LogP contribution is -2.27. The van der Waals surface area contributed by atoms with Gasteiger partial charge in [0, 0.05) is 39.8 Å². The third kappa shape index (κ3) is 4.73. The van der Waals surface area contributed by atoms with Gasteiger partial charge in [-0.05, 0) is 69.4 Å². The number of para-hydroxylation sites is 1. The molecule has 7 heteroatoms. The fourth-order valence-electron chi connectivity index (χ4n) is 4.23. The normalized spacial score (nSPS) is 12.8. The van der Waals surface area contributed by atoms with Crippen LogP contribution >= 0.6 is 11.3 Å². The summed E-state index contributed by atoms with van der Waals surface area (Å²) in [5.41, 5.74) is 6.12. The number of aromatic nitrogens is 2. The molecule has 0 bridgehead atoms. The molecule has 4 aromatic rings. The first-order valence-electron chi connectivity index (χ1n) is 11.3. The summed E-state index contributed by atoms with van der Waals surface area (Å²) in [5.74, 6) is 0. The van der Waals surface area contributed by atoms with Crippen LogP contribution in [0.15, 0.2) is 48.7 Å². The molecule has 0 radical (unpaired) electrons. The van der Waals surface area contributed by atoms with Gasteiger partial charge in [-0.15, -0.1) is 11.3 Å². The Kier molecular flexibility index (Phi) is 5.58. The van der Waals surface area contributed by atoms with Gasteiger partial charge in [-0.2, -0.15) is 0 Å². The highest BCUT2D eigenvalue weighted by atomic mass is 32.1. The van der Waals surface area contributed by atoms with E-state index in [9.17, 15) is 4.79 Å². The van der Waals surface area contributed by atoms with Gasteiger partial charge >= 0.3 is 6.09 Å². The monoisotopic (exact) mass is 460 g/mol. The lowest BCUT2D eigenvalue weighted by molar-refractivity contribution is 0.0636. The predicted octanol–water partition coefficient (Wildman–Crippen LogP) is 6.39. The van der Waals surface area contributed by atoms with E-state index in [2.05, 4.69) is 52.1 Å². The SMILES string of the molecule is CC(C)(C)OC(=O)Nc1ccc2c(c1)CCc1sc(NCCc3c[nH]c4ccccc34)nc1-2. The number of carbonyl (C=O) groups is 1. The highest BCUT2D eigenvalue weighted by Crippen LogP contribution is 2.39. The average molecular weight is 461 g/mol. The number of fused-ring (bicyclic) bond motifs is 4. The molecule has 2 heterocycles. The molecule has 0 aliphatic heterocycles. The minimum Gasteiger partial charge on any atom is -0.444 e. The number of amides is 1. The maximum Gasteiger partial charge on any atom is 0.412 e. The van der Waals surface area contributed by atoms with Crippen LogP contribution in [-0.4, -0.2) is 28.2 Å². The first kappa shape index (κ1) is 21.5. The number of hydrogen-bond donors (Lipinski definition) is 3. The molecule has 0 saturated heterocycles. The molecule has 2 aromatic heterocycles. The van der Waals surface area contributed by atoms with Gasteiger partial charge in [-0.25, -0.2) is 9.78 Å². The van der Waals surface area contributed by atoms with E-state index >= 15 is 0 Å². The minimum atomic E-state index is -0.522. The fourth-order valence-corrected chi connectivity index (χ4v) is 5.23. The summed E-state index contributed by atoms with van der Waals surface area (Å²) < 4.78 is 5.36. The van der Waals surface area contributed by atoms with Gasteiger partial charge in [0.05, 0.1) is 5.69 Å². The van der Waals surface area contributed by atoms with Crippen LogP contribution in [0.4, 0.5) is 15.6 Å². The van der Waals surface area contributed by atoms with Gasteiger partial charge in [-0.1, -0.05) is 24.3 Å². The molecule has 0 unspecified atom stereocenters. The van der Waals surface area contributed by atoms with E-state index in [-0.39, 0.29) is 0 Å². The Bertz CT molecular complexity index is 1320. The smallest absolute Gasteiger partial charge is 0.412 e. The Morgan fingerprint density at radius 1 is 1.18 bits per heavy atom. The van der Waals surface area contributed by atoms with Crippen molar-refractivity contribution >= 4 is 39.2 Å². The molecule has 1 aliphatic rings. The summed E-state index contributed by atoms with van der Waals surface area (Å²) >= 11 is 1.74. The van der Waals surface area contributed by atoms with Gasteiger partial charge in [-0.3, -0.25) is 5.32 Å². The standard InChI is InChI=1S/C26H28N4O2S/c1-26(2,3)32-25(31)29-18-9-10-20-16(14-18)8-11-22-23(20)30-24(33-22)27-13-12-17-15-28-21-7-5-4-6-19(17)21/h4-7,9-10,14-15,28H,8,11-13H2,1-3H3,(H,27,30)(H,29,31). The molecule has 33 heavy (non-hydrogen) atoms. The van der Waals surface area contributed by atoms with Crippen molar-refractivity contribution in [1.82, 2.24) is 9.97 Å². The number of aryl methyl sites for hydroxylation is 2. The summed E-state index contributed by atoms with van der Waals surface area (Å²) in [6.07, 6.45) is 4.49. The molecule has 170 valence electrons. The molecule has 0 atom stereocenters. The molecular weight excluding hydrogens is 432 g/mol. The number of thiazole rings is 1. The second kappa shape index (κ2) is 8.56.